The summed E-state index contributed by atoms with van der Waals surface area (Å²) in [5.74, 6) is -0.919. The third-order valence-corrected chi connectivity index (χ3v) is 14.3. The van der Waals surface area contributed by atoms with E-state index in [1.807, 2.05) is 0 Å². The van der Waals surface area contributed by atoms with E-state index in [-0.39, 0.29) is 31.1 Å². The summed E-state index contributed by atoms with van der Waals surface area (Å²) in [4.78, 5) is 38.4. The third-order valence-electron chi connectivity index (χ3n) is 14.3. The zero-order valence-electron chi connectivity index (χ0n) is 53.9. The van der Waals surface area contributed by atoms with Crippen LogP contribution >= 0.6 is 0 Å². The lowest BCUT2D eigenvalue weighted by atomic mass is 10.0. The average Bonchev–Trinajstić information content (AvgIpc) is 3.49. The molecular weight excluding hydrogens is 1020 g/mol. The van der Waals surface area contributed by atoms with Gasteiger partial charge in [-0.1, -0.05) is 301 Å². The molecule has 0 saturated heterocycles. The third kappa shape index (κ3) is 68.0. The number of carbonyl (C=O) groups is 3. The van der Waals surface area contributed by atoms with Crippen molar-refractivity contribution in [1.82, 2.24) is 0 Å². The summed E-state index contributed by atoms with van der Waals surface area (Å²) < 4.78 is 16.9. The predicted octanol–water partition coefficient (Wildman–Crippen LogP) is 23.9. The Morgan fingerprint density at radius 1 is 0.253 bits per heavy atom. The smallest absolute Gasteiger partial charge is 0.306 e. The quantitative estimate of drug-likeness (QED) is 0.0261. The Morgan fingerprint density at radius 2 is 0.470 bits per heavy atom. The number of rotatable bonds is 61. The van der Waals surface area contributed by atoms with Crippen LogP contribution in [0.2, 0.25) is 0 Å². The molecule has 1 unspecified atom stereocenters. The molecule has 0 aliphatic carbocycles. The highest BCUT2D eigenvalue weighted by Gasteiger charge is 2.19. The summed E-state index contributed by atoms with van der Waals surface area (Å²) in [5.41, 5.74) is 0. The van der Waals surface area contributed by atoms with Gasteiger partial charge in [-0.2, -0.15) is 0 Å². The summed E-state index contributed by atoms with van der Waals surface area (Å²) >= 11 is 0. The summed E-state index contributed by atoms with van der Waals surface area (Å²) in [7, 11) is 0. The molecule has 0 aromatic heterocycles. The van der Waals surface area contributed by atoms with Gasteiger partial charge in [0, 0.05) is 19.3 Å². The number of ether oxygens (including phenoxy) is 3. The number of allylic oxidation sites excluding steroid dienone is 24. The summed E-state index contributed by atoms with van der Waals surface area (Å²) in [6.45, 7) is 6.48. The van der Waals surface area contributed by atoms with E-state index < -0.39 is 6.10 Å². The van der Waals surface area contributed by atoms with Crippen LogP contribution in [0.5, 0.6) is 0 Å². The van der Waals surface area contributed by atoms with Crippen molar-refractivity contribution in [3.8, 4) is 0 Å². The van der Waals surface area contributed by atoms with E-state index in [4.69, 9.17) is 14.2 Å². The van der Waals surface area contributed by atoms with Crippen molar-refractivity contribution in [3.63, 3.8) is 0 Å². The van der Waals surface area contributed by atoms with Gasteiger partial charge in [-0.25, -0.2) is 0 Å². The minimum Gasteiger partial charge on any atom is -0.462 e. The number of unbranched alkanes of at least 4 members (excludes halogenated alkanes) is 26. The van der Waals surface area contributed by atoms with Gasteiger partial charge < -0.3 is 14.2 Å². The standard InChI is InChI=1S/C77H126O6/c1-4-7-10-13-16-19-22-25-27-29-31-32-33-34-35-36-37-38-39-40-41-42-43-44-46-47-49-52-55-58-61-64-67-70-76(79)82-73-74(72-81-75(78)69-66-63-60-57-54-51-24-21-18-15-12-9-6-3)83-77(80)71-68-65-62-59-56-53-50-48-45-30-28-26-23-20-17-14-11-8-5-2/h7,10,16-17,19-20,25-28,31-32,34-35,37-38,40-41,43-45,47-49,74H,4-6,8-9,11-15,18,21-24,29-30,33,36,39,42,46,50-73H2,1-3H3/b10-7-,19-16-,20-17-,27-25-,28-26-,32-31-,35-34-,38-37-,41-40-,44-43-,48-45-,49-47-. The van der Waals surface area contributed by atoms with Crippen LogP contribution in [0.25, 0.3) is 0 Å². The van der Waals surface area contributed by atoms with E-state index in [2.05, 4.69) is 167 Å². The first-order valence-electron chi connectivity index (χ1n) is 34.3. The van der Waals surface area contributed by atoms with E-state index in [0.29, 0.717) is 19.3 Å². The molecule has 0 amide bonds. The van der Waals surface area contributed by atoms with Crippen molar-refractivity contribution in [2.75, 3.05) is 13.2 Å². The van der Waals surface area contributed by atoms with E-state index in [0.717, 1.165) is 161 Å². The lowest BCUT2D eigenvalue weighted by Crippen LogP contribution is -2.30. The molecule has 470 valence electrons. The maximum Gasteiger partial charge on any atom is 0.306 e. The second kappa shape index (κ2) is 69.8. The Balaban J connectivity index is 4.36. The molecule has 1 atom stereocenters. The molecule has 83 heavy (non-hydrogen) atoms. The van der Waals surface area contributed by atoms with Gasteiger partial charge in [-0.15, -0.1) is 0 Å². The van der Waals surface area contributed by atoms with Crippen molar-refractivity contribution in [2.45, 2.75) is 309 Å². The van der Waals surface area contributed by atoms with E-state index >= 15 is 0 Å². The van der Waals surface area contributed by atoms with Gasteiger partial charge in [0.15, 0.2) is 6.10 Å². The van der Waals surface area contributed by atoms with Crippen molar-refractivity contribution in [1.29, 1.82) is 0 Å². The van der Waals surface area contributed by atoms with Crippen molar-refractivity contribution in [2.24, 2.45) is 0 Å². The molecule has 0 heterocycles. The fourth-order valence-corrected chi connectivity index (χ4v) is 9.21. The van der Waals surface area contributed by atoms with Gasteiger partial charge in [0.2, 0.25) is 0 Å². The Morgan fingerprint density at radius 3 is 0.759 bits per heavy atom. The Kier molecular flexibility index (Phi) is 65.8. The second-order valence-electron chi connectivity index (χ2n) is 22.4. The van der Waals surface area contributed by atoms with Gasteiger partial charge in [-0.05, 0) is 128 Å². The maximum atomic E-state index is 12.9. The predicted molar refractivity (Wildman–Crippen MR) is 362 cm³/mol. The molecule has 0 rings (SSSR count). The van der Waals surface area contributed by atoms with Crippen molar-refractivity contribution in [3.05, 3.63) is 146 Å². The molecule has 0 aliphatic heterocycles. The summed E-state index contributed by atoms with van der Waals surface area (Å²) in [6.07, 6.45) is 100.0. The molecule has 0 aromatic carbocycles. The normalized spacial score (nSPS) is 13.0. The fraction of sp³-hybridized carbons (Fsp3) is 0.649. The lowest BCUT2D eigenvalue weighted by molar-refractivity contribution is -0.167. The summed E-state index contributed by atoms with van der Waals surface area (Å²) in [6, 6.07) is 0. The monoisotopic (exact) mass is 1150 g/mol. The van der Waals surface area contributed by atoms with Crippen LogP contribution in [0.1, 0.15) is 303 Å². The molecule has 0 spiro atoms. The Hall–Kier alpha value is -4.71. The zero-order valence-corrected chi connectivity index (χ0v) is 53.9. The van der Waals surface area contributed by atoms with E-state index in [9.17, 15) is 14.4 Å². The van der Waals surface area contributed by atoms with Crippen LogP contribution in [0.3, 0.4) is 0 Å². The average molecular weight is 1150 g/mol. The first-order chi connectivity index (χ1) is 41.0. The van der Waals surface area contributed by atoms with E-state index in [1.54, 1.807) is 0 Å². The molecule has 0 fully saturated rings. The zero-order chi connectivity index (χ0) is 59.9. The topological polar surface area (TPSA) is 78.9 Å². The van der Waals surface area contributed by atoms with Gasteiger partial charge in [0.25, 0.3) is 0 Å². The SMILES string of the molecule is CC/C=C\C/C=C\C/C=C\C/C=C\C/C=C\C/C=C\C/C=C\C/C=C\C/C=C\CCCCCCCC(=O)OCC(COC(=O)CCCCCCCCCCCCCCC)OC(=O)CCCCCCCC/C=C\C/C=C\C/C=C\CCCCC. The van der Waals surface area contributed by atoms with Gasteiger partial charge >= 0.3 is 17.9 Å². The van der Waals surface area contributed by atoms with Crippen LogP contribution in [0, 0.1) is 0 Å². The molecule has 0 aliphatic rings. The highest BCUT2D eigenvalue weighted by molar-refractivity contribution is 5.71. The van der Waals surface area contributed by atoms with Crippen LogP contribution < -0.4 is 0 Å². The first kappa shape index (κ1) is 78.3. The number of hydrogen-bond acceptors (Lipinski definition) is 6. The fourth-order valence-electron chi connectivity index (χ4n) is 9.21. The molecule has 0 radical (unpaired) electrons. The van der Waals surface area contributed by atoms with Crippen LogP contribution in [0.15, 0.2) is 146 Å². The molecule has 0 aromatic rings. The van der Waals surface area contributed by atoms with Crippen molar-refractivity contribution < 1.29 is 28.6 Å². The largest absolute Gasteiger partial charge is 0.462 e. The Labute approximate surface area is 512 Å². The minimum atomic E-state index is -0.798. The molecule has 0 N–H and O–H groups in total. The molecule has 0 bridgehead atoms. The van der Waals surface area contributed by atoms with Crippen LogP contribution in [-0.4, -0.2) is 37.2 Å². The number of carbonyl (C=O) groups excluding carboxylic acids is 3. The lowest BCUT2D eigenvalue weighted by Gasteiger charge is -2.18. The van der Waals surface area contributed by atoms with Gasteiger partial charge in [-0.3, -0.25) is 14.4 Å². The second-order valence-corrected chi connectivity index (χ2v) is 22.4. The van der Waals surface area contributed by atoms with Crippen molar-refractivity contribution >= 4 is 17.9 Å². The highest BCUT2D eigenvalue weighted by atomic mass is 16.6. The first-order valence-corrected chi connectivity index (χ1v) is 34.3. The number of esters is 3. The minimum absolute atomic E-state index is 0.0913. The van der Waals surface area contributed by atoms with Crippen LogP contribution in [0.4, 0.5) is 0 Å². The molecular formula is C77H126O6. The molecule has 6 heteroatoms. The number of hydrogen-bond donors (Lipinski definition) is 0. The van der Waals surface area contributed by atoms with Gasteiger partial charge in [0.1, 0.15) is 13.2 Å². The molecule has 6 nitrogen and oxygen atoms in total. The summed E-state index contributed by atoms with van der Waals surface area (Å²) in [5, 5.41) is 0. The maximum absolute atomic E-state index is 12.9. The highest BCUT2D eigenvalue weighted by Crippen LogP contribution is 2.15. The van der Waals surface area contributed by atoms with Crippen LogP contribution in [-0.2, 0) is 28.6 Å². The van der Waals surface area contributed by atoms with Gasteiger partial charge in [0.05, 0.1) is 0 Å². The molecule has 0 saturated carbocycles. The van der Waals surface area contributed by atoms with E-state index in [1.165, 1.54) is 103 Å². The Bertz CT molecular complexity index is 1800.